The molecule has 0 atom stereocenters. The van der Waals surface area contributed by atoms with Gasteiger partial charge in [-0.15, -0.1) is 0 Å². The van der Waals surface area contributed by atoms with Crippen LogP contribution in [-0.2, 0) is 22.9 Å². The van der Waals surface area contributed by atoms with E-state index in [-0.39, 0.29) is 47.6 Å². The van der Waals surface area contributed by atoms with Gasteiger partial charge in [-0.05, 0) is 85.5 Å². The number of benzene rings is 2. The Morgan fingerprint density at radius 3 is 2.53 bits per heavy atom. The number of ketones is 1. The predicted octanol–water partition coefficient (Wildman–Crippen LogP) is 5.53. The zero-order valence-electron chi connectivity index (χ0n) is 25.7. The number of halogens is 3. The van der Waals surface area contributed by atoms with Gasteiger partial charge in [-0.1, -0.05) is 18.2 Å². The Morgan fingerprint density at radius 2 is 1.85 bits per heavy atom. The highest BCUT2D eigenvalue weighted by Gasteiger charge is 2.29. The monoisotopic (exact) mass is 666 g/mol. The molecule has 0 saturated carbocycles. The van der Waals surface area contributed by atoms with E-state index >= 15 is 0 Å². The zero-order chi connectivity index (χ0) is 33.5. The molecule has 2 aromatic carbocycles. The number of ether oxygens (including phenoxy) is 1. The summed E-state index contributed by atoms with van der Waals surface area (Å²) in [4.78, 5) is 21.2. The highest BCUT2D eigenvalue weighted by atomic mass is 32.2. The van der Waals surface area contributed by atoms with Crippen LogP contribution < -0.4 is 10.5 Å². The molecule has 14 heteroatoms. The molecule has 5 aromatic rings. The van der Waals surface area contributed by atoms with E-state index in [0.29, 0.717) is 53.4 Å². The van der Waals surface area contributed by atoms with Crippen LogP contribution in [0.1, 0.15) is 57.2 Å². The molecule has 0 aliphatic carbocycles. The van der Waals surface area contributed by atoms with Crippen molar-refractivity contribution < 1.29 is 31.1 Å². The Morgan fingerprint density at radius 1 is 1.11 bits per heavy atom. The summed E-state index contributed by atoms with van der Waals surface area (Å²) in [6.45, 7) is -0.671. The molecule has 6 rings (SSSR count). The second-order valence-electron chi connectivity index (χ2n) is 11.7. The van der Waals surface area contributed by atoms with Crippen molar-refractivity contribution >= 4 is 32.5 Å². The third kappa shape index (κ3) is 6.74. The van der Waals surface area contributed by atoms with Gasteiger partial charge in [0.2, 0.25) is 15.8 Å². The Labute approximate surface area is 269 Å². The summed E-state index contributed by atoms with van der Waals surface area (Å²) < 4.78 is 72.4. The predicted molar refractivity (Wildman–Crippen MR) is 171 cm³/mol. The third-order valence-electron chi connectivity index (χ3n) is 8.60. The molecule has 1 aliphatic heterocycles. The maximum absolute atomic E-state index is 14.0. The van der Waals surface area contributed by atoms with Gasteiger partial charge in [0.05, 0.1) is 35.6 Å². The molecular formula is C33H33F3N6O4S. The number of nitrogen functional groups attached to an aromatic ring is 1. The fraction of sp³-hybridized carbons (Fsp3) is 0.303. The number of carbonyl (C=O) groups excluding carboxylic acids is 1. The molecule has 0 unspecified atom stereocenters. The molecule has 0 amide bonds. The van der Waals surface area contributed by atoms with Gasteiger partial charge < -0.3 is 15.5 Å². The number of rotatable bonds is 10. The molecular weight excluding hydrogens is 633 g/mol. The first-order valence-corrected chi connectivity index (χ1v) is 16.9. The van der Waals surface area contributed by atoms with Crippen molar-refractivity contribution in [3.05, 3.63) is 100 Å². The van der Waals surface area contributed by atoms with Crippen molar-refractivity contribution in [2.75, 3.05) is 25.1 Å². The lowest BCUT2D eigenvalue weighted by Crippen LogP contribution is -2.37. The number of H-pyrrole nitrogens is 1. The summed E-state index contributed by atoms with van der Waals surface area (Å²) in [6, 6.07) is 13.2. The smallest absolute Gasteiger partial charge is 0.387 e. The topological polar surface area (TPSA) is 136 Å². The molecule has 246 valence electrons. The van der Waals surface area contributed by atoms with Gasteiger partial charge in [-0.3, -0.25) is 9.78 Å². The van der Waals surface area contributed by atoms with Crippen LogP contribution in [0.2, 0.25) is 0 Å². The molecule has 0 bridgehead atoms. The Balaban J connectivity index is 1.24. The number of hydrogen-bond acceptors (Lipinski definition) is 7. The fourth-order valence-corrected chi connectivity index (χ4v) is 6.99. The van der Waals surface area contributed by atoms with Gasteiger partial charge in [-0.25, -0.2) is 21.8 Å². The van der Waals surface area contributed by atoms with E-state index < -0.39 is 22.4 Å². The number of alkyl halides is 2. The number of anilines is 1. The minimum absolute atomic E-state index is 0.0176. The number of pyridine rings is 1. The van der Waals surface area contributed by atoms with Crippen LogP contribution >= 0.6 is 0 Å². The number of nitrogens with two attached hydrogens (primary N) is 1. The molecule has 1 saturated heterocycles. The molecule has 1 aliphatic rings. The van der Waals surface area contributed by atoms with Crippen molar-refractivity contribution in [1.29, 1.82) is 0 Å². The minimum Gasteiger partial charge on any atom is -0.435 e. The molecule has 1 fully saturated rings. The molecule has 10 nitrogen and oxygen atoms in total. The van der Waals surface area contributed by atoms with Gasteiger partial charge >= 0.3 is 6.61 Å². The third-order valence-corrected chi connectivity index (χ3v) is 9.91. The summed E-state index contributed by atoms with van der Waals surface area (Å²) in [5.74, 6) is -0.845. The van der Waals surface area contributed by atoms with Crippen LogP contribution in [0.15, 0.2) is 60.9 Å². The number of fused-ring (bicyclic) bond motifs is 1. The number of sulfonamides is 1. The second-order valence-corrected chi connectivity index (χ2v) is 13.7. The van der Waals surface area contributed by atoms with Crippen molar-refractivity contribution in [2.45, 2.75) is 45.1 Å². The molecule has 3 aromatic heterocycles. The molecule has 0 spiro atoms. The van der Waals surface area contributed by atoms with Gasteiger partial charge in [0.25, 0.3) is 0 Å². The maximum atomic E-state index is 14.0. The normalized spacial score (nSPS) is 14.7. The summed E-state index contributed by atoms with van der Waals surface area (Å²) in [5.41, 5.74) is 10.5. The zero-order valence-corrected chi connectivity index (χ0v) is 26.5. The highest BCUT2D eigenvalue weighted by Crippen LogP contribution is 2.38. The number of aromatic amines is 1. The average molecular weight is 667 g/mol. The summed E-state index contributed by atoms with van der Waals surface area (Å²) >= 11 is 0. The number of carbonyl (C=O) groups is 1. The number of nitrogens with zero attached hydrogens (tertiary/aromatic N) is 4. The fourth-order valence-electron chi connectivity index (χ4n) is 6.11. The SMILES string of the molecule is Cc1cc(CCc2ccccc2F)ncc1-n1ncc(C(=O)c2cc3cc(OC(F)F)c(C4CCN(S(C)(=O)=O)CC4)cc3[nH]2)c1N. The van der Waals surface area contributed by atoms with Crippen molar-refractivity contribution in [1.82, 2.24) is 24.1 Å². The van der Waals surface area contributed by atoms with Crippen LogP contribution in [0.25, 0.3) is 16.6 Å². The van der Waals surface area contributed by atoms with E-state index in [4.69, 9.17) is 10.5 Å². The summed E-state index contributed by atoms with van der Waals surface area (Å²) in [7, 11) is -3.36. The Kier molecular flexibility index (Phi) is 8.81. The first-order chi connectivity index (χ1) is 22.4. The first-order valence-electron chi connectivity index (χ1n) is 15.0. The maximum Gasteiger partial charge on any atom is 0.387 e. The van der Waals surface area contributed by atoms with Gasteiger partial charge in [0, 0.05) is 29.7 Å². The number of aryl methyl sites for hydroxylation is 3. The van der Waals surface area contributed by atoms with E-state index in [1.54, 1.807) is 36.5 Å². The molecule has 3 N–H and O–H groups in total. The number of hydrogen-bond donors (Lipinski definition) is 2. The van der Waals surface area contributed by atoms with Crippen molar-refractivity contribution in [2.24, 2.45) is 0 Å². The van der Waals surface area contributed by atoms with E-state index in [2.05, 4.69) is 15.1 Å². The average Bonchev–Trinajstić information content (AvgIpc) is 3.62. The number of aromatic nitrogens is 4. The summed E-state index contributed by atoms with van der Waals surface area (Å²) in [5, 5.41) is 4.83. The van der Waals surface area contributed by atoms with Crippen LogP contribution in [0, 0.1) is 12.7 Å². The molecule has 47 heavy (non-hydrogen) atoms. The van der Waals surface area contributed by atoms with E-state index in [0.717, 1.165) is 17.5 Å². The van der Waals surface area contributed by atoms with Gasteiger partial charge in [-0.2, -0.15) is 13.9 Å². The van der Waals surface area contributed by atoms with Crippen LogP contribution in [0.4, 0.5) is 19.0 Å². The molecule has 4 heterocycles. The quantitative estimate of drug-likeness (QED) is 0.187. The highest BCUT2D eigenvalue weighted by molar-refractivity contribution is 7.88. The lowest BCUT2D eigenvalue weighted by molar-refractivity contribution is -0.0506. The van der Waals surface area contributed by atoms with E-state index in [1.807, 2.05) is 13.0 Å². The number of nitrogens with one attached hydrogen (secondary N) is 1. The number of piperidine rings is 1. The van der Waals surface area contributed by atoms with Crippen LogP contribution in [-0.4, -0.2) is 64.2 Å². The molecule has 0 radical (unpaired) electrons. The second kappa shape index (κ2) is 12.8. The van der Waals surface area contributed by atoms with E-state index in [1.165, 1.54) is 27.3 Å². The minimum atomic E-state index is -3.36. The van der Waals surface area contributed by atoms with Crippen LogP contribution in [0.3, 0.4) is 0 Å². The van der Waals surface area contributed by atoms with Crippen molar-refractivity contribution in [3.8, 4) is 11.4 Å². The largest absolute Gasteiger partial charge is 0.435 e. The standard InChI is InChI=1S/C33H33F3N6O4S/c1-19-13-23(8-7-21-5-3-4-6-26(21)34)38-18-29(19)42-32(37)25(17-39-42)31(43)28-14-22-15-30(46-33(35)36)24(16-27(22)40-28)20-9-11-41(12-10-20)47(2,44)45/h3-6,13-18,20,33,40H,7-12,37H2,1-2H3. The Bertz CT molecular complexity index is 2070. The lowest BCUT2D eigenvalue weighted by atomic mass is 9.89. The lowest BCUT2D eigenvalue weighted by Gasteiger charge is -2.31. The Hall–Kier alpha value is -4.69. The van der Waals surface area contributed by atoms with Gasteiger partial charge in [0.1, 0.15) is 17.4 Å². The summed E-state index contributed by atoms with van der Waals surface area (Å²) in [6.07, 6.45) is 6.00. The first kappa shape index (κ1) is 32.3. The van der Waals surface area contributed by atoms with E-state index in [9.17, 15) is 26.4 Å². The van der Waals surface area contributed by atoms with Crippen molar-refractivity contribution in [3.63, 3.8) is 0 Å². The van der Waals surface area contributed by atoms with Gasteiger partial charge in [0.15, 0.2) is 0 Å². The van der Waals surface area contributed by atoms with Crippen LogP contribution in [0.5, 0.6) is 5.75 Å².